The van der Waals surface area contributed by atoms with Gasteiger partial charge >= 0.3 is 0 Å². The second-order valence-corrected chi connectivity index (χ2v) is 5.18. The fourth-order valence-electron chi connectivity index (χ4n) is 1.72. The van der Waals surface area contributed by atoms with Crippen LogP contribution in [0.25, 0.3) is 11.1 Å². The van der Waals surface area contributed by atoms with Gasteiger partial charge in [-0.05, 0) is 12.5 Å². The van der Waals surface area contributed by atoms with E-state index >= 15 is 0 Å². The largest absolute Gasteiger partial charge is 0.326 e. The van der Waals surface area contributed by atoms with Gasteiger partial charge in [-0.15, -0.1) is 11.3 Å². The van der Waals surface area contributed by atoms with Gasteiger partial charge in [0, 0.05) is 22.5 Å². The van der Waals surface area contributed by atoms with Gasteiger partial charge in [0.1, 0.15) is 0 Å². The number of hydrogen-bond acceptors (Lipinski definition) is 2. The minimum atomic E-state index is 0.493. The maximum atomic E-state index is 6.14. The summed E-state index contributed by atoms with van der Waals surface area (Å²) in [6.45, 7) is 2.57. The van der Waals surface area contributed by atoms with Crippen LogP contribution in [0.15, 0.2) is 30.3 Å². The molecule has 3 heteroatoms. The molecule has 1 aromatic heterocycles. The molecule has 0 aliphatic heterocycles. The summed E-state index contributed by atoms with van der Waals surface area (Å²) < 4.78 is 0.814. The molecular formula is C12H12ClNS. The lowest BCUT2D eigenvalue weighted by Crippen LogP contribution is -1.97. The molecule has 0 spiro atoms. The zero-order valence-electron chi connectivity index (χ0n) is 8.46. The molecule has 1 heterocycles. The van der Waals surface area contributed by atoms with Gasteiger partial charge < -0.3 is 5.73 Å². The Bertz CT molecular complexity index is 462. The Morgan fingerprint density at radius 2 is 1.93 bits per heavy atom. The number of hydrogen-bond donors (Lipinski definition) is 1. The van der Waals surface area contributed by atoms with Gasteiger partial charge in [-0.25, -0.2) is 0 Å². The van der Waals surface area contributed by atoms with Crippen molar-refractivity contribution in [2.45, 2.75) is 13.5 Å². The Labute approximate surface area is 98.5 Å². The van der Waals surface area contributed by atoms with E-state index in [0.29, 0.717) is 6.54 Å². The van der Waals surface area contributed by atoms with E-state index in [1.54, 1.807) is 11.3 Å². The van der Waals surface area contributed by atoms with E-state index < -0.39 is 0 Å². The summed E-state index contributed by atoms with van der Waals surface area (Å²) >= 11 is 7.74. The predicted octanol–water partition coefficient (Wildman–Crippen LogP) is 3.84. The highest BCUT2D eigenvalue weighted by atomic mass is 35.5. The van der Waals surface area contributed by atoms with Crippen molar-refractivity contribution in [3.63, 3.8) is 0 Å². The van der Waals surface area contributed by atoms with Gasteiger partial charge in [-0.2, -0.15) is 0 Å². The van der Waals surface area contributed by atoms with E-state index in [2.05, 4.69) is 19.1 Å². The first kappa shape index (κ1) is 10.7. The molecule has 0 amide bonds. The van der Waals surface area contributed by atoms with Crippen LogP contribution in [0, 0.1) is 6.92 Å². The van der Waals surface area contributed by atoms with E-state index in [1.165, 1.54) is 16.0 Å². The molecule has 2 rings (SSSR count). The molecule has 1 aromatic carbocycles. The van der Waals surface area contributed by atoms with Crippen LogP contribution in [0.4, 0.5) is 0 Å². The molecule has 0 aliphatic rings. The summed E-state index contributed by atoms with van der Waals surface area (Å²) in [5.74, 6) is 0. The third-order valence-corrected chi connectivity index (χ3v) is 3.80. The van der Waals surface area contributed by atoms with Crippen molar-refractivity contribution in [1.29, 1.82) is 0 Å². The van der Waals surface area contributed by atoms with E-state index in [9.17, 15) is 0 Å². The fourth-order valence-corrected chi connectivity index (χ4v) is 3.16. The highest BCUT2D eigenvalue weighted by molar-refractivity contribution is 7.16. The number of aryl methyl sites for hydroxylation is 1. The molecule has 2 N–H and O–H groups in total. The molecule has 78 valence electrons. The summed E-state index contributed by atoms with van der Waals surface area (Å²) in [4.78, 5) is 1.23. The third-order valence-electron chi connectivity index (χ3n) is 2.40. The number of halogens is 1. The van der Waals surface area contributed by atoms with Crippen LogP contribution in [-0.2, 0) is 6.54 Å². The monoisotopic (exact) mass is 237 g/mol. The normalized spacial score (nSPS) is 10.6. The van der Waals surface area contributed by atoms with Crippen molar-refractivity contribution in [3.8, 4) is 11.1 Å². The highest BCUT2D eigenvalue weighted by Crippen LogP contribution is 2.38. The van der Waals surface area contributed by atoms with Crippen LogP contribution < -0.4 is 5.73 Å². The van der Waals surface area contributed by atoms with Crippen LogP contribution in [0.3, 0.4) is 0 Å². The van der Waals surface area contributed by atoms with Crippen molar-refractivity contribution >= 4 is 22.9 Å². The topological polar surface area (TPSA) is 26.0 Å². The quantitative estimate of drug-likeness (QED) is 0.844. The average molecular weight is 238 g/mol. The Morgan fingerprint density at radius 3 is 2.53 bits per heavy atom. The molecule has 15 heavy (non-hydrogen) atoms. The summed E-state index contributed by atoms with van der Waals surface area (Å²) in [6.07, 6.45) is 0. The SMILES string of the molecule is Cc1sc(Cl)c(CN)c1-c1ccccc1. The third kappa shape index (κ3) is 1.93. The number of nitrogens with two attached hydrogens (primary N) is 1. The molecular weight excluding hydrogens is 226 g/mol. The van der Waals surface area contributed by atoms with Crippen molar-refractivity contribution in [1.82, 2.24) is 0 Å². The van der Waals surface area contributed by atoms with Crippen LogP contribution in [0.1, 0.15) is 10.4 Å². The van der Waals surface area contributed by atoms with Crippen molar-refractivity contribution in [3.05, 3.63) is 45.1 Å². The molecule has 0 unspecified atom stereocenters. The fraction of sp³-hybridized carbons (Fsp3) is 0.167. The van der Waals surface area contributed by atoms with Crippen molar-refractivity contribution in [2.75, 3.05) is 0 Å². The molecule has 2 aromatic rings. The van der Waals surface area contributed by atoms with Crippen LogP contribution in [0.2, 0.25) is 4.34 Å². The molecule has 0 aliphatic carbocycles. The summed E-state index contributed by atoms with van der Waals surface area (Å²) in [5.41, 5.74) is 9.18. The molecule has 1 nitrogen and oxygen atoms in total. The van der Waals surface area contributed by atoms with Crippen LogP contribution >= 0.6 is 22.9 Å². The predicted molar refractivity (Wildman–Crippen MR) is 67.4 cm³/mol. The van der Waals surface area contributed by atoms with E-state index in [4.69, 9.17) is 17.3 Å². The van der Waals surface area contributed by atoms with Crippen LogP contribution in [0.5, 0.6) is 0 Å². The Morgan fingerprint density at radius 1 is 1.27 bits per heavy atom. The first-order chi connectivity index (χ1) is 7.24. The van der Waals surface area contributed by atoms with Crippen LogP contribution in [-0.4, -0.2) is 0 Å². The number of thiophene rings is 1. The van der Waals surface area contributed by atoms with Gasteiger partial charge in [0.15, 0.2) is 0 Å². The number of rotatable bonds is 2. The van der Waals surface area contributed by atoms with E-state index in [-0.39, 0.29) is 0 Å². The first-order valence-electron chi connectivity index (χ1n) is 4.77. The molecule has 0 saturated heterocycles. The number of benzene rings is 1. The molecule has 0 fully saturated rings. The van der Waals surface area contributed by atoms with Gasteiger partial charge in [-0.3, -0.25) is 0 Å². The Balaban J connectivity index is 2.62. The Hall–Kier alpha value is -0.830. The van der Waals surface area contributed by atoms with Gasteiger partial charge in [0.05, 0.1) is 4.34 Å². The standard InChI is InChI=1S/C12H12ClNS/c1-8-11(9-5-3-2-4-6-9)10(7-14)12(13)15-8/h2-6H,7,14H2,1H3. The maximum absolute atomic E-state index is 6.14. The summed E-state index contributed by atoms with van der Waals surface area (Å²) in [5, 5.41) is 0. The smallest absolute Gasteiger partial charge is 0.0982 e. The second kappa shape index (κ2) is 4.35. The lowest BCUT2D eigenvalue weighted by atomic mass is 10.0. The molecule has 0 saturated carbocycles. The highest BCUT2D eigenvalue weighted by Gasteiger charge is 2.14. The van der Waals surface area contributed by atoms with Crippen molar-refractivity contribution in [2.24, 2.45) is 5.73 Å². The molecule has 0 atom stereocenters. The zero-order valence-corrected chi connectivity index (χ0v) is 10.0. The minimum absolute atomic E-state index is 0.493. The van der Waals surface area contributed by atoms with Gasteiger partial charge in [0.25, 0.3) is 0 Å². The maximum Gasteiger partial charge on any atom is 0.0982 e. The summed E-state index contributed by atoms with van der Waals surface area (Å²) in [6, 6.07) is 10.2. The van der Waals surface area contributed by atoms with Gasteiger partial charge in [0.2, 0.25) is 0 Å². The van der Waals surface area contributed by atoms with Gasteiger partial charge in [-0.1, -0.05) is 41.9 Å². The average Bonchev–Trinajstić information content (AvgIpc) is 2.54. The zero-order chi connectivity index (χ0) is 10.8. The molecule has 0 bridgehead atoms. The van der Waals surface area contributed by atoms with Crippen molar-refractivity contribution < 1.29 is 0 Å². The second-order valence-electron chi connectivity index (χ2n) is 3.36. The Kier molecular flexibility index (Phi) is 3.10. The van der Waals surface area contributed by atoms with E-state index in [1.807, 2.05) is 18.2 Å². The van der Waals surface area contributed by atoms with E-state index in [0.717, 1.165) is 9.90 Å². The lowest BCUT2D eigenvalue weighted by Gasteiger charge is -2.04. The first-order valence-corrected chi connectivity index (χ1v) is 5.96. The minimum Gasteiger partial charge on any atom is -0.326 e. The lowest BCUT2D eigenvalue weighted by molar-refractivity contribution is 1.08. The summed E-state index contributed by atoms with van der Waals surface area (Å²) in [7, 11) is 0. The molecule has 0 radical (unpaired) electrons.